The summed E-state index contributed by atoms with van der Waals surface area (Å²) in [6.07, 6.45) is 1.82. The van der Waals surface area contributed by atoms with E-state index in [4.69, 9.17) is 10.5 Å². The van der Waals surface area contributed by atoms with Crippen LogP contribution < -0.4 is 5.73 Å². The number of anilines is 1. The molecule has 3 aromatic rings. The topological polar surface area (TPSA) is 52.3 Å². The zero-order valence-corrected chi connectivity index (χ0v) is 11.7. The minimum atomic E-state index is -0.318. The number of ether oxygens (including phenoxy) is 1. The zero-order chi connectivity index (χ0) is 15.1. The van der Waals surface area contributed by atoms with Crippen LogP contribution in [0.2, 0.25) is 0 Å². The van der Waals surface area contributed by atoms with E-state index < -0.39 is 0 Å². The van der Waals surface area contributed by atoms with E-state index in [1.54, 1.807) is 6.07 Å². The van der Waals surface area contributed by atoms with Crippen molar-refractivity contribution >= 4 is 34.3 Å². The number of nitrogens with two attached hydrogens (primary N) is 1. The lowest BCUT2D eigenvalue weighted by Crippen LogP contribution is -1.93. The van der Waals surface area contributed by atoms with Crippen LogP contribution in [-0.4, -0.2) is 5.97 Å². The van der Waals surface area contributed by atoms with Gasteiger partial charge in [0.25, 0.3) is 0 Å². The highest BCUT2D eigenvalue weighted by atomic mass is 16.5. The first-order valence-corrected chi connectivity index (χ1v) is 7.04. The maximum atomic E-state index is 11.9. The van der Waals surface area contributed by atoms with Crippen molar-refractivity contribution < 1.29 is 9.53 Å². The Labute approximate surface area is 127 Å². The summed E-state index contributed by atoms with van der Waals surface area (Å²) >= 11 is 0. The van der Waals surface area contributed by atoms with E-state index in [-0.39, 0.29) is 5.97 Å². The molecule has 1 aliphatic rings. The van der Waals surface area contributed by atoms with Gasteiger partial charge in [-0.2, -0.15) is 0 Å². The number of carbonyl (C=O) groups excluding carboxylic acids is 1. The Morgan fingerprint density at radius 2 is 1.59 bits per heavy atom. The third-order valence-electron chi connectivity index (χ3n) is 3.91. The minimum absolute atomic E-state index is 0.318. The van der Waals surface area contributed by atoms with Gasteiger partial charge in [-0.05, 0) is 17.5 Å². The van der Waals surface area contributed by atoms with Crippen molar-refractivity contribution in [3.63, 3.8) is 0 Å². The highest BCUT2D eigenvalue weighted by Crippen LogP contribution is 2.33. The molecule has 0 atom stereocenters. The van der Waals surface area contributed by atoms with Crippen molar-refractivity contribution in [3.05, 3.63) is 77.4 Å². The number of cyclic esters (lactones) is 1. The fourth-order valence-corrected chi connectivity index (χ4v) is 2.77. The molecule has 0 fully saturated rings. The summed E-state index contributed by atoms with van der Waals surface area (Å²) in [4.78, 5) is 11.9. The van der Waals surface area contributed by atoms with Gasteiger partial charge < -0.3 is 10.5 Å². The van der Waals surface area contributed by atoms with Gasteiger partial charge in [-0.25, -0.2) is 4.79 Å². The molecule has 3 aromatic carbocycles. The second-order valence-electron chi connectivity index (χ2n) is 5.23. The maximum absolute atomic E-state index is 11.9. The summed E-state index contributed by atoms with van der Waals surface area (Å²) in [6.45, 7) is 0. The average molecular weight is 287 g/mol. The SMILES string of the molecule is Nc1c(/C=C2\OC(=O)c3ccccc32)ccc2ccccc12. The first kappa shape index (κ1) is 12.7. The van der Waals surface area contributed by atoms with Gasteiger partial charge in [0, 0.05) is 22.2 Å². The Bertz CT molecular complexity index is 941. The molecule has 0 radical (unpaired) electrons. The molecule has 1 heterocycles. The fourth-order valence-electron chi connectivity index (χ4n) is 2.77. The molecule has 3 heteroatoms. The van der Waals surface area contributed by atoms with Crippen LogP contribution in [0, 0.1) is 0 Å². The Morgan fingerprint density at radius 3 is 2.45 bits per heavy atom. The molecule has 0 amide bonds. The molecule has 0 saturated heterocycles. The lowest BCUT2D eigenvalue weighted by molar-refractivity contribution is 0.0717. The van der Waals surface area contributed by atoms with E-state index in [9.17, 15) is 4.79 Å². The Kier molecular flexibility index (Phi) is 2.73. The predicted molar refractivity (Wildman–Crippen MR) is 88.1 cm³/mol. The van der Waals surface area contributed by atoms with Gasteiger partial charge in [0.2, 0.25) is 0 Å². The third-order valence-corrected chi connectivity index (χ3v) is 3.91. The normalized spacial score (nSPS) is 15.1. The van der Waals surface area contributed by atoms with Crippen molar-refractivity contribution in [1.29, 1.82) is 0 Å². The van der Waals surface area contributed by atoms with E-state index in [0.717, 1.165) is 21.9 Å². The van der Waals surface area contributed by atoms with Gasteiger partial charge in [-0.3, -0.25) is 0 Å². The number of hydrogen-bond acceptors (Lipinski definition) is 3. The van der Waals surface area contributed by atoms with Gasteiger partial charge >= 0.3 is 5.97 Å². The number of carbonyl (C=O) groups is 1. The molecule has 4 rings (SSSR count). The largest absolute Gasteiger partial charge is 0.422 e. The van der Waals surface area contributed by atoms with E-state index >= 15 is 0 Å². The lowest BCUT2D eigenvalue weighted by Gasteiger charge is -2.07. The van der Waals surface area contributed by atoms with Crippen molar-refractivity contribution in [1.82, 2.24) is 0 Å². The second kappa shape index (κ2) is 4.74. The van der Waals surface area contributed by atoms with Gasteiger partial charge in [0.05, 0.1) is 5.56 Å². The van der Waals surface area contributed by atoms with Gasteiger partial charge in [0.1, 0.15) is 5.76 Å². The molecule has 2 N–H and O–H groups in total. The number of benzene rings is 3. The van der Waals surface area contributed by atoms with Crippen LogP contribution in [0.4, 0.5) is 5.69 Å². The van der Waals surface area contributed by atoms with E-state index in [2.05, 4.69) is 0 Å². The summed E-state index contributed by atoms with van der Waals surface area (Å²) in [6, 6.07) is 19.3. The smallest absolute Gasteiger partial charge is 0.344 e. The van der Waals surface area contributed by atoms with E-state index in [0.29, 0.717) is 17.0 Å². The molecule has 0 aromatic heterocycles. The first-order valence-electron chi connectivity index (χ1n) is 7.04. The highest BCUT2D eigenvalue weighted by molar-refractivity contribution is 6.07. The van der Waals surface area contributed by atoms with Crippen molar-refractivity contribution in [2.45, 2.75) is 0 Å². The van der Waals surface area contributed by atoms with Crippen LogP contribution in [0.25, 0.3) is 22.6 Å². The van der Waals surface area contributed by atoms with Crippen LogP contribution in [0.1, 0.15) is 21.5 Å². The van der Waals surface area contributed by atoms with Gasteiger partial charge in [-0.1, -0.05) is 54.6 Å². The van der Waals surface area contributed by atoms with Crippen LogP contribution in [0.5, 0.6) is 0 Å². The van der Waals surface area contributed by atoms with Crippen LogP contribution in [0.3, 0.4) is 0 Å². The fraction of sp³-hybridized carbons (Fsp3) is 0. The maximum Gasteiger partial charge on any atom is 0.344 e. The van der Waals surface area contributed by atoms with E-state index in [1.165, 1.54) is 0 Å². The standard InChI is InChI=1S/C19H13NO2/c20-18-13(10-9-12-5-1-2-6-14(12)18)11-17-15-7-3-4-8-16(15)19(21)22-17/h1-11H,20H2/b17-11-. The molecular formula is C19H13NO2. The summed E-state index contributed by atoms with van der Waals surface area (Å²) in [5.41, 5.74) is 9.19. The molecule has 3 nitrogen and oxygen atoms in total. The van der Waals surface area contributed by atoms with Crippen molar-refractivity contribution in [3.8, 4) is 0 Å². The molecule has 0 spiro atoms. The number of rotatable bonds is 1. The molecule has 1 aliphatic heterocycles. The quantitative estimate of drug-likeness (QED) is 0.541. The second-order valence-corrected chi connectivity index (χ2v) is 5.23. The number of esters is 1. The first-order chi connectivity index (χ1) is 10.7. The monoisotopic (exact) mass is 287 g/mol. The zero-order valence-electron chi connectivity index (χ0n) is 11.7. The molecule has 0 aliphatic carbocycles. The Balaban J connectivity index is 1.88. The summed E-state index contributed by atoms with van der Waals surface area (Å²) in [7, 11) is 0. The van der Waals surface area contributed by atoms with Crippen LogP contribution >= 0.6 is 0 Å². The van der Waals surface area contributed by atoms with Crippen molar-refractivity contribution in [2.75, 3.05) is 5.73 Å². The molecule has 0 saturated carbocycles. The summed E-state index contributed by atoms with van der Waals surface area (Å²) in [5, 5.41) is 2.08. The molecule has 22 heavy (non-hydrogen) atoms. The van der Waals surface area contributed by atoms with Crippen molar-refractivity contribution in [2.24, 2.45) is 0 Å². The Morgan fingerprint density at radius 1 is 0.864 bits per heavy atom. The lowest BCUT2D eigenvalue weighted by atomic mass is 10.0. The predicted octanol–water partition coefficient (Wildman–Crippen LogP) is 4.09. The third kappa shape index (κ3) is 1.87. The highest BCUT2D eigenvalue weighted by Gasteiger charge is 2.25. The van der Waals surface area contributed by atoms with E-state index in [1.807, 2.05) is 60.7 Å². The number of nitrogen functional groups attached to an aromatic ring is 1. The molecule has 0 unspecified atom stereocenters. The average Bonchev–Trinajstić information content (AvgIpc) is 2.87. The summed E-state index contributed by atoms with van der Waals surface area (Å²) in [5.74, 6) is 0.226. The number of fused-ring (bicyclic) bond motifs is 2. The summed E-state index contributed by atoms with van der Waals surface area (Å²) < 4.78 is 5.37. The molecule has 0 bridgehead atoms. The van der Waals surface area contributed by atoms with Gasteiger partial charge in [-0.15, -0.1) is 0 Å². The van der Waals surface area contributed by atoms with Gasteiger partial charge in [0.15, 0.2) is 0 Å². The molecule has 106 valence electrons. The van der Waals surface area contributed by atoms with Crippen LogP contribution in [0.15, 0.2) is 60.7 Å². The minimum Gasteiger partial charge on any atom is -0.422 e. The number of hydrogen-bond donors (Lipinski definition) is 1. The molecular weight excluding hydrogens is 274 g/mol. The van der Waals surface area contributed by atoms with Crippen LogP contribution in [-0.2, 0) is 4.74 Å². The Hall–Kier alpha value is -3.07.